The van der Waals surface area contributed by atoms with Gasteiger partial charge in [-0.15, -0.1) is 0 Å². The van der Waals surface area contributed by atoms with Crippen LogP contribution in [0.3, 0.4) is 0 Å². The first-order chi connectivity index (χ1) is 18.8. The molecule has 0 spiro atoms. The number of amides is 1. The minimum absolute atomic E-state index is 0.108. The molecule has 0 saturated carbocycles. The number of sulfonamides is 1. The number of carbonyl (C=O) groups excluding carboxylic acids is 1. The van der Waals surface area contributed by atoms with Crippen LogP contribution in [-0.2, 0) is 16.4 Å². The maximum absolute atomic E-state index is 13.6. The van der Waals surface area contributed by atoms with Crippen molar-refractivity contribution in [3.63, 3.8) is 0 Å². The fourth-order valence-corrected chi connectivity index (χ4v) is 6.93. The highest BCUT2D eigenvalue weighted by Crippen LogP contribution is 2.34. The number of aliphatic hydroxyl groups is 1. The molecule has 0 radical (unpaired) electrons. The minimum Gasteiger partial charge on any atom is -0.493 e. The van der Waals surface area contributed by atoms with Crippen LogP contribution in [0, 0.1) is 12.8 Å². The van der Waals surface area contributed by atoms with Crippen molar-refractivity contribution >= 4 is 22.1 Å². The third-order valence-corrected chi connectivity index (χ3v) is 9.38. The predicted molar refractivity (Wildman–Crippen MR) is 148 cm³/mol. The van der Waals surface area contributed by atoms with Crippen molar-refractivity contribution in [2.24, 2.45) is 11.1 Å². The molecule has 0 aliphatic carbocycles. The summed E-state index contributed by atoms with van der Waals surface area (Å²) in [6.45, 7) is 7.15. The fourth-order valence-electron chi connectivity index (χ4n) is 5.43. The molecule has 3 heterocycles. The lowest BCUT2D eigenvalue weighted by Gasteiger charge is -2.32. The molecule has 12 heteroatoms. The number of ether oxygens (including phenoxy) is 1. The van der Waals surface area contributed by atoms with Gasteiger partial charge in [0, 0.05) is 36.5 Å². The van der Waals surface area contributed by atoms with E-state index >= 15 is 0 Å². The summed E-state index contributed by atoms with van der Waals surface area (Å²) in [5, 5.41) is 24.6. The largest absolute Gasteiger partial charge is 0.493 e. The van der Waals surface area contributed by atoms with E-state index in [4.69, 9.17) is 4.74 Å². The van der Waals surface area contributed by atoms with Crippen LogP contribution in [0.5, 0.6) is 5.75 Å². The number of nitrogens with zero attached hydrogens (tertiary/aromatic N) is 3. The molecular formula is C27H39N5O6S. The number of hydrogen-bond donors (Lipinski definition) is 4. The van der Waals surface area contributed by atoms with E-state index in [0.717, 1.165) is 18.5 Å². The number of benzene rings is 1. The van der Waals surface area contributed by atoms with Crippen LogP contribution in [-0.4, -0.2) is 66.1 Å². The molecule has 11 nitrogen and oxygen atoms in total. The van der Waals surface area contributed by atoms with E-state index in [1.165, 1.54) is 10.5 Å². The Morgan fingerprint density at radius 3 is 2.59 bits per heavy atom. The number of carbonyl (C=O) groups is 1. The number of hydrogen-bond acceptors (Lipinski definition) is 8. The van der Waals surface area contributed by atoms with Crippen LogP contribution in [0.25, 0.3) is 0 Å². The molecule has 2 aliphatic heterocycles. The van der Waals surface area contributed by atoms with Crippen molar-refractivity contribution in [3.05, 3.63) is 46.3 Å². The van der Waals surface area contributed by atoms with E-state index in [9.17, 15) is 23.5 Å². The van der Waals surface area contributed by atoms with Gasteiger partial charge in [-0.3, -0.25) is 14.9 Å². The van der Waals surface area contributed by atoms with Crippen LogP contribution in [0.4, 0.5) is 0 Å². The monoisotopic (exact) mass is 561 g/mol. The Kier molecular flexibility index (Phi) is 9.19. The SMILES string of the molecule is CCCOc1ccc(S(=O)(=O)N2CCC(CCO)CC2)cc1C1NC(=O)c2c(C)c(/C=N/O)c(CCC)n2N1. The van der Waals surface area contributed by atoms with Crippen LogP contribution in [0.15, 0.2) is 28.3 Å². The number of aromatic nitrogens is 1. The van der Waals surface area contributed by atoms with Gasteiger partial charge in [-0.05, 0) is 68.7 Å². The second-order valence-corrected chi connectivity index (χ2v) is 12.0. The summed E-state index contributed by atoms with van der Waals surface area (Å²) in [6, 6.07) is 4.78. The molecule has 0 bridgehead atoms. The first-order valence-corrected chi connectivity index (χ1v) is 15.1. The van der Waals surface area contributed by atoms with Gasteiger partial charge in [0.2, 0.25) is 10.0 Å². The summed E-state index contributed by atoms with van der Waals surface area (Å²) in [7, 11) is -3.78. The molecule has 1 atom stereocenters. The number of fused-ring (bicyclic) bond motifs is 1. The van der Waals surface area contributed by atoms with Gasteiger partial charge in [0.25, 0.3) is 5.91 Å². The van der Waals surface area contributed by atoms with Crippen molar-refractivity contribution in [1.29, 1.82) is 0 Å². The smallest absolute Gasteiger partial charge is 0.272 e. The third-order valence-electron chi connectivity index (χ3n) is 7.49. The molecule has 1 aromatic carbocycles. The summed E-state index contributed by atoms with van der Waals surface area (Å²) in [5.41, 5.74) is 6.41. The van der Waals surface area contributed by atoms with Gasteiger partial charge in [0.05, 0.1) is 17.7 Å². The van der Waals surface area contributed by atoms with E-state index in [-0.39, 0.29) is 17.4 Å². The number of oxime groups is 1. The first kappa shape index (κ1) is 28.9. The molecule has 2 aromatic rings. The average molecular weight is 562 g/mol. The van der Waals surface area contributed by atoms with Gasteiger partial charge in [-0.2, -0.15) is 4.31 Å². The summed E-state index contributed by atoms with van der Waals surface area (Å²) in [4.78, 5) is 13.5. The van der Waals surface area contributed by atoms with Crippen molar-refractivity contribution in [3.8, 4) is 5.75 Å². The van der Waals surface area contributed by atoms with Crippen LogP contribution in [0.1, 0.15) is 85.0 Å². The Balaban J connectivity index is 1.72. The zero-order valence-electron chi connectivity index (χ0n) is 22.8. The lowest BCUT2D eigenvalue weighted by molar-refractivity contribution is 0.0913. The predicted octanol–water partition coefficient (Wildman–Crippen LogP) is 3.11. The molecule has 1 unspecified atom stereocenters. The van der Waals surface area contributed by atoms with E-state index in [1.807, 2.05) is 13.8 Å². The molecule has 1 amide bonds. The zero-order chi connectivity index (χ0) is 28.2. The van der Waals surface area contributed by atoms with E-state index in [0.29, 0.717) is 79.4 Å². The first-order valence-electron chi connectivity index (χ1n) is 13.6. The quantitative estimate of drug-likeness (QED) is 0.187. The number of rotatable bonds is 11. The number of aliphatic hydroxyl groups excluding tert-OH is 1. The molecule has 2 aliphatic rings. The van der Waals surface area contributed by atoms with Gasteiger partial charge >= 0.3 is 0 Å². The topological polar surface area (TPSA) is 145 Å². The lowest BCUT2D eigenvalue weighted by Crippen LogP contribution is -2.45. The maximum Gasteiger partial charge on any atom is 0.272 e. The second-order valence-electron chi connectivity index (χ2n) is 10.1. The molecular weight excluding hydrogens is 522 g/mol. The van der Waals surface area contributed by atoms with Crippen LogP contribution >= 0.6 is 0 Å². The minimum atomic E-state index is -3.78. The molecule has 1 fully saturated rings. The molecule has 39 heavy (non-hydrogen) atoms. The van der Waals surface area contributed by atoms with Crippen molar-refractivity contribution in [1.82, 2.24) is 14.3 Å². The Bertz CT molecular complexity index is 1310. The molecule has 1 aromatic heterocycles. The Hall–Kier alpha value is -3.09. The highest BCUT2D eigenvalue weighted by Gasteiger charge is 2.34. The van der Waals surface area contributed by atoms with Crippen LogP contribution in [0.2, 0.25) is 0 Å². The highest BCUT2D eigenvalue weighted by molar-refractivity contribution is 7.89. The van der Waals surface area contributed by atoms with Gasteiger partial charge in [-0.25, -0.2) is 8.42 Å². The van der Waals surface area contributed by atoms with E-state index in [1.54, 1.807) is 29.8 Å². The zero-order valence-corrected chi connectivity index (χ0v) is 23.6. The lowest BCUT2D eigenvalue weighted by atomic mass is 9.95. The van der Waals surface area contributed by atoms with Crippen molar-refractivity contribution in [2.45, 2.75) is 70.4 Å². The van der Waals surface area contributed by atoms with Gasteiger partial charge < -0.3 is 20.4 Å². The average Bonchev–Trinajstić information content (AvgIpc) is 3.19. The Morgan fingerprint density at radius 1 is 1.21 bits per heavy atom. The molecule has 4 N–H and O–H groups in total. The van der Waals surface area contributed by atoms with Gasteiger partial charge in [-0.1, -0.05) is 25.4 Å². The van der Waals surface area contributed by atoms with Crippen molar-refractivity contribution < 1.29 is 28.3 Å². The summed E-state index contributed by atoms with van der Waals surface area (Å²) in [5.74, 6) is 0.476. The van der Waals surface area contributed by atoms with Gasteiger partial charge in [0.15, 0.2) is 0 Å². The van der Waals surface area contributed by atoms with E-state index in [2.05, 4.69) is 15.9 Å². The molecule has 4 rings (SSSR count). The fraction of sp³-hybridized carbons (Fsp3) is 0.556. The Labute approximate surface area is 229 Å². The summed E-state index contributed by atoms with van der Waals surface area (Å²) < 4.78 is 36.4. The summed E-state index contributed by atoms with van der Waals surface area (Å²) in [6.07, 6.45) is 4.87. The number of nitrogens with one attached hydrogen (secondary N) is 2. The standard InChI is InChI=1S/C27H39N5O6S/c1-4-6-23-22(17-28-35)18(3)25-27(34)29-26(30-32(23)25)21-16-20(7-8-24(21)38-15-5-2)39(36,37)31-12-9-19(10-13-31)11-14-33/h7-8,16-17,19,26,30,33,35H,4-6,9-15H2,1-3H3,(H,29,34)/b28-17+. The van der Waals surface area contributed by atoms with Crippen molar-refractivity contribution in [2.75, 3.05) is 31.7 Å². The molecule has 214 valence electrons. The van der Waals surface area contributed by atoms with E-state index < -0.39 is 16.2 Å². The second kappa shape index (κ2) is 12.4. The van der Waals surface area contributed by atoms with Gasteiger partial charge in [0.1, 0.15) is 17.6 Å². The normalized spacial score (nSPS) is 18.7. The number of piperidine rings is 1. The summed E-state index contributed by atoms with van der Waals surface area (Å²) >= 11 is 0. The highest BCUT2D eigenvalue weighted by atomic mass is 32.2. The molecule has 1 saturated heterocycles. The Morgan fingerprint density at radius 2 is 1.95 bits per heavy atom. The maximum atomic E-state index is 13.6. The van der Waals surface area contributed by atoms with Crippen LogP contribution < -0.4 is 15.5 Å². The third kappa shape index (κ3) is 5.78.